The summed E-state index contributed by atoms with van der Waals surface area (Å²) in [5.74, 6) is -0.0700. The first-order valence-electron chi connectivity index (χ1n) is 20.3. The van der Waals surface area contributed by atoms with Gasteiger partial charge in [-0.05, 0) is 58.3 Å². The number of rotatable bonds is 25. The molecule has 3 saturated heterocycles. The second kappa shape index (κ2) is 28.8. The fraction of sp³-hybridized carbons (Fsp3) is 0.698. The molecule has 12 nitrogen and oxygen atoms in total. The van der Waals surface area contributed by atoms with Crippen molar-refractivity contribution < 1.29 is 53.3 Å². The molecule has 0 aromatic carbocycles. The molecule has 0 spiro atoms. The minimum absolute atomic E-state index is 0.0700. The van der Waals surface area contributed by atoms with E-state index in [0.717, 1.165) is 38.5 Å². The second-order valence-electron chi connectivity index (χ2n) is 14.1. The molecule has 55 heavy (non-hydrogen) atoms. The number of aliphatic hydroxyl groups excluding tert-OH is 3. The number of carbonyl (C=O) groups excluding carboxylic acids is 1. The van der Waals surface area contributed by atoms with Crippen molar-refractivity contribution in [3.63, 3.8) is 0 Å². The Labute approximate surface area is 329 Å². The van der Waals surface area contributed by atoms with Crippen LogP contribution in [0.15, 0.2) is 72.9 Å². The third kappa shape index (κ3) is 19.5. The maximum absolute atomic E-state index is 12.4. The zero-order chi connectivity index (χ0) is 39.5. The van der Waals surface area contributed by atoms with Gasteiger partial charge in [-0.15, -0.1) is 0 Å². The fourth-order valence-electron chi connectivity index (χ4n) is 6.54. The fourth-order valence-corrected chi connectivity index (χ4v) is 6.54. The van der Waals surface area contributed by atoms with Gasteiger partial charge in [0.2, 0.25) is 5.91 Å². The molecular formula is C43H69NO11. The van der Waals surface area contributed by atoms with Crippen LogP contribution in [0.2, 0.25) is 0 Å². The molecule has 1 amide bonds. The average molecular weight is 776 g/mol. The van der Waals surface area contributed by atoms with E-state index in [4.69, 9.17) is 33.2 Å². The summed E-state index contributed by atoms with van der Waals surface area (Å²) in [4.78, 5) is 12.4. The number of nitrogens with one attached hydrogen (secondary N) is 1. The number of hydrogen-bond donors (Lipinski definition) is 4. The minimum Gasteiger partial charge on any atom is -0.394 e. The number of allylic oxidation sites excluding steroid dienone is 12. The Morgan fingerprint density at radius 2 is 1.35 bits per heavy atom. The van der Waals surface area contributed by atoms with Crippen molar-refractivity contribution in [3.05, 3.63) is 72.9 Å². The third-order valence-corrected chi connectivity index (χ3v) is 9.58. The number of hydrogen-bond acceptors (Lipinski definition) is 11. The Hall–Kier alpha value is -2.49. The number of aliphatic hydroxyl groups is 3. The van der Waals surface area contributed by atoms with Crippen LogP contribution in [0, 0.1) is 0 Å². The van der Waals surface area contributed by atoms with E-state index in [0.29, 0.717) is 44.9 Å². The zero-order valence-electron chi connectivity index (χ0n) is 33.3. The van der Waals surface area contributed by atoms with Crippen molar-refractivity contribution in [1.82, 2.24) is 5.32 Å². The van der Waals surface area contributed by atoms with Gasteiger partial charge in [-0.2, -0.15) is 0 Å². The van der Waals surface area contributed by atoms with Gasteiger partial charge in [0.15, 0.2) is 18.9 Å². The predicted molar refractivity (Wildman–Crippen MR) is 212 cm³/mol. The van der Waals surface area contributed by atoms with Crippen LogP contribution in [0.1, 0.15) is 97.3 Å². The van der Waals surface area contributed by atoms with Crippen LogP contribution in [0.25, 0.3) is 0 Å². The molecule has 0 bridgehead atoms. The summed E-state index contributed by atoms with van der Waals surface area (Å²) in [7, 11) is 1.54. The highest BCUT2D eigenvalue weighted by atomic mass is 16.7. The van der Waals surface area contributed by atoms with E-state index < -0.39 is 49.4 Å². The highest BCUT2D eigenvalue weighted by Crippen LogP contribution is 2.32. The van der Waals surface area contributed by atoms with Crippen LogP contribution in [-0.4, -0.2) is 116 Å². The van der Waals surface area contributed by atoms with Gasteiger partial charge in [-0.25, -0.2) is 0 Å². The van der Waals surface area contributed by atoms with Crippen LogP contribution in [-0.2, 0) is 38.0 Å². The van der Waals surface area contributed by atoms with Crippen molar-refractivity contribution in [2.45, 2.75) is 159 Å². The summed E-state index contributed by atoms with van der Waals surface area (Å²) in [6.07, 6.45) is 29.7. The molecule has 0 unspecified atom stereocenters. The molecule has 3 fully saturated rings. The SMILES string of the molecule is CC/C=C\C/C=C\C/C=C\C/C=C\C/C=C\C/C=C\CCC(=O)NCCO[C@@H]1O[C@H](CO)C[C@H](O[C@H]2C[C@@H](O[C@H]3CC[C@H](O)[C@@H](C)O3)C[C@@H](CO)O2)[C@H]1OC. The van der Waals surface area contributed by atoms with Crippen LogP contribution in [0.5, 0.6) is 0 Å². The van der Waals surface area contributed by atoms with Gasteiger partial charge < -0.3 is 53.8 Å². The van der Waals surface area contributed by atoms with E-state index in [1.54, 1.807) is 0 Å². The lowest BCUT2D eigenvalue weighted by Gasteiger charge is -2.43. The smallest absolute Gasteiger partial charge is 0.220 e. The topological polar surface area (TPSA) is 154 Å². The van der Waals surface area contributed by atoms with Crippen LogP contribution in [0.3, 0.4) is 0 Å². The molecule has 4 N–H and O–H groups in total. The van der Waals surface area contributed by atoms with Crippen molar-refractivity contribution >= 4 is 5.91 Å². The molecule has 0 aromatic heterocycles. The summed E-state index contributed by atoms with van der Waals surface area (Å²) < 4.78 is 42.2. The molecule has 3 aliphatic heterocycles. The molecule has 12 heteroatoms. The Morgan fingerprint density at radius 1 is 0.745 bits per heavy atom. The summed E-state index contributed by atoms with van der Waals surface area (Å²) >= 11 is 0. The van der Waals surface area contributed by atoms with Crippen LogP contribution >= 0.6 is 0 Å². The Bertz CT molecular complexity index is 1200. The quantitative estimate of drug-likeness (QED) is 0.0650. The molecule has 3 heterocycles. The van der Waals surface area contributed by atoms with Gasteiger partial charge in [0, 0.05) is 45.8 Å². The molecule has 3 rings (SSSR count). The lowest BCUT2D eigenvalue weighted by molar-refractivity contribution is -0.323. The zero-order valence-corrected chi connectivity index (χ0v) is 33.3. The summed E-state index contributed by atoms with van der Waals surface area (Å²) in [5, 5.41) is 32.8. The van der Waals surface area contributed by atoms with Gasteiger partial charge in [-0.3, -0.25) is 4.79 Å². The van der Waals surface area contributed by atoms with Crippen LogP contribution in [0.4, 0.5) is 0 Å². The lowest BCUT2D eigenvalue weighted by Crippen LogP contribution is -2.54. The largest absolute Gasteiger partial charge is 0.394 e. The van der Waals surface area contributed by atoms with Gasteiger partial charge >= 0.3 is 0 Å². The second-order valence-corrected chi connectivity index (χ2v) is 14.1. The van der Waals surface area contributed by atoms with Crippen molar-refractivity contribution in [3.8, 4) is 0 Å². The first-order valence-corrected chi connectivity index (χ1v) is 20.3. The molecule has 3 aliphatic rings. The third-order valence-electron chi connectivity index (χ3n) is 9.58. The molecule has 0 radical (unpaired) electrons. The Kier molecular flexibility index (Phi) is 24.6. The monoisotopic (exact) mass is 775 g/mol. The summed E-state index contributed by atoms with van der Waals surface area (Å²) in [6, 6.07) is 0. The molecule has 0 aromatic rings. The van der Waals surface area contributed by atoms with E-state index in [1.807, 2.05) is 13.0 Å². The predicted octanol–water partition coefficient (Wildman–Crippen LogP) is 5.87. The number of carbonyl (C=O) groups is 1. The van der Waals surface area contributed by atoms with E-state index in [-0.39, 0.29) is 44.5 Å². The van der Waals surface area contributed by atoms with E-state index in [1.165, 1.54) is 7.11 Å². The molecule has 0 saturated carbocycles. The Morgan fingerprint density at radius 3 is 1.93 bits per heavy atom. The van der Waals surface area contributed by atoms with E-state index >= 15 is 0 Å². The first-order chi connectivity index (χ1) is 26.9. The van der Waals surface area contributed by atoms with Crippen molar-refractivity contribution in [2.75, 3.05) is 33.5 Å². The van der Waals surface area contributed by atoms with Gasteiger partial charge in [0.05, 0.1) is 56.4 Å². The van der Waals surface area contributed by atoms with Crippen molar-refractivity contribution in [1.29, 1.82) is 0 Å². The molecule has 312 valence electrons. The lowest BCUT2D eigenvalue weighted by atomic mass is 10.0. The van der Waals surface area contributed by atoms with Crippen molar-refractivity contribution in [2.24, 2.45) is 0 Å². The minimum atomic E-state index is -0.843. The number of ether oxygens (including phenoxy) is 7. The van der Waals surface area contributed by atoms with E-state index in [9.17, 15) is 20.1 Å². The van der Waals surface area contributed by atoms with Gasteiger partial charge in [0.1, 0.15) is 6.10 Å². The molecule has 10 atom stereocenters. The number of methoxy groups -OCH3 is 1. The Balaban J connectivity index is 1.30. The first kappa shape index (κ1) is 46.9. The summed E-state index contributed by atoms with van der Waals surface area (Å²) in [6.45, 7) is 4.00. The van der Waals surface area contributed by atoms with Gasteiger partial charge in [0.25, 0.3) is 0 Å². The maximum atomic E-state index is 12.4. The van der Waals surface area contributed by atoms with Gasteiger partial charge in [-0.1, -0.05) is 79.8 Å². The van der Waals surface area contributed by atoms with E-state index in [2.05, 4.69) is 79.1 Å². The number of amides is 1. The molecule has 0 aliphatic carbocycles. The van der Waals surface area contributed by atoms with Crippen LogP contribution < -0.4 is 5.32 Å². The maximum Gasteiger partial charge on any atom is 0.220 e. The highest BCUT2D eigenvalue weighted by molar-refractivity contribution is 5.75. The molecular weight excluding hydrogens is 706 g/mol. The standard InChI is InChI=1S/C43H69NO11/c1-4-5-6-7-8-9-10-11-12-13-14-15-16-17-18-19-20-21-22-23-39(48)44-26-27-50-43-42(49-3)38(29-36(32-46)54-43)55-41-30-34(28-35(31-45)53-41)52-40-25-24-37(47)33(2)51-40/h5-6,8-9,11-12,14-15,17-18,20-21,33-38,40-43,45-47H,4,7,10,13,16,19,22-32H2,1-3H3,(H,44,48)/b6-5-,9-8-,12-11-,15-14-,18-17-,21-20-/t33-,34+,35+,36+,37+,38+,40+,41+,42-,43-/m1/s1. The normalized spacial score (nSPS) is 30.9. The summed E-state index contributed by atoms with van der Waals surface area (Å²) in [5.41, 5.74) is 0. The average Bonchev–Trinajstić information content (AvgIpc) is 3.18. The highest BCUT2D eigenvalue weighted by Gasteiger charge is 2.43.